The van der Waals surface area contributed by atoms with Crippen molar-refractivity contribution in [3.05, 3.63) is 117 Å². The third-order valence-electron chi connectivity index (χ3n) is 10.9. The van der Waals surface area contributed by atoms with Gasteiger partial charge in [-0.05, 0) is 138 Å². The Labute approximate surface area is 358 Å². The number of nitrogens with one attached hydrogen (secondary N) is 2. The summed E-state index contributed by atoms with van der Waals surface area (Å²) in [6.45, 7) is 12.3. The van der Waals surface area contributed by atoms with Crippen LogP contribution in [0.3, 0.4) is 0 Å². The van der Waals surface area contributed by atoms with Crippen LogP contribution in [0.2, 0.25) is 0 Å². The van der Waals surface area contributed by atoms with Gasteiger partial charge in [0.25, 0.3) is 11.8 Å². The molecule has 3 aromatic carbocycles. The fourth-order valence-electron chi connectivity index (χ4n) is 7.50. The van der Waals surface area contributed by atoms with Crippen LogP contribution in [0, 0.1) is 0 Å². The second-order valence-corrected chi connectivity index (χ2v) is 16.9. The number of aryl methyl sites for hydroxylation is 3. The van der Waals surface area contributed by atoms with E-state index >= 15 is 0 Å². The molecule has 0 atom stereocenters. The summed E-state index contributed by atoms with van der Waals surface area (Å²) in [4.78, 5) is 69.7. The second kappa shape index (κ2) is 22.3. The van der Waals surface area contributed by atoms with Gasteiger partial charge in [-0.2, -0.15) is 0 Å². The van der Waals surface area contributed by atoms with E-state index < -0.39 is 0 Å². The lowest BCUT2D eigenvalue weighted by atomic mass is 9.95. The maximum atomic E-state index is 14.0. The summed E-state index contributed by atoms with van der Waals surface area (Å²) >= 11 is 1.50. The van der Waals surface area contributed by atoms with E-state index in [1.807, 2.05) is 73.3 Å². The van der Waals surface area contributed by atoms with E-state index in [0.29, 0.717) is 47.1 Å². The first-order valence-electron chi connectivity index (χ1n) is 21.2. The van der Waals surface area contributed by atoms with Crippen LogP contribution in [0.1, 0.15) is 125 Å². The average molecular weight is 837 g/mol. The predicted octanol–water partition coefficient (Wildman–Crippen LogP) is 8.88. The standard InChI is InChI=1S/C48H60N4O7S/c1-7-59-43(54)27-26-42(53)52(33(4)5)29-11-28-51(32(2)3)31-36-12-10-13-38(30-36)45(55)50-47-44(40-14-8-9-15-41(40)60-47)46(56)49-39-24-20-35(21-25-39)17-16-34-18-22-37(23-19-34)48(57)58-6/h10,12-13,18-25,30,32-33H,7-9,11,14-17,26-29,31H2,1-6H3,(H,49,56)(H,50,55). The number of ether oxygens (including phenoxy) is 2. The van der Waals surface area contributed by atoms with Crippen molar-refractivity contribution in [2.24, 2.45) is 0 Å². The van der Waals surface area contributed by atoms with E-state index in [1.54, 1.807) is 25.1 Å². The number of carbonyl (C=O) groups excluding carboxylic acids is 5. The molecule has 0 radical (unpaired) electrons. The Balaban J connectivity index is 1.20. The maximum Gasteiger partial charge on any atom is 0.337 e. The van der Waals surface area contributed by atoms with Crippen molar-refractivity contribution < 1.29 is 33.4 Å². The Morgan fingerprint density at radius 1 is 0.750 bits per heavy atom. The number of amides is 3. The number of fused-ring (bicyclic) bond motifs is 1. The van der Waals surface area contributed by atoms with Gasteiger partial charge < -0.3 is 25.0 Å². The van der Waals surface area contributed by atoms with E-state index in [9.17, 15) is 24.0 Å². The Morgan fingerprint density at radius 3 is 2.08 bits per heavy atom. The van der Waals surface area contributed by atoms with Gasteiger partial charge in [0, 0.05) is 54.3 Å². The van der Waals surface area contributed by atoms with E-state index in [1.165, 1.54) is 18.4 Å². The summed E-state index contributed by atoms with van der Waals surface area (Å²) in [7, 11) is 1.37. The predicted molar refractivity (Wildman–Crippen MR) is 238 cm³/mol. The zero-order chi connectivity index (χ0) is 43.2. The van der Waals surface area contributed by atoms with Crippen LogP contribution in [-0.2, 0) is 51.3 Å². The lowest BCUT2D eigenvalue weighted by Crippen LogP contribution is -2.40. The largest absolute Gasteiger partial charge is 0.466 e. The number of carbonyl (C=O) groups is 5. The molecule has 0 unspecified atom stereocenters. The minimum atomic E-state index is -0.356. The average Bonchev–Trinajstić information content (AvgIpc) is 3.61. The smallest absolute Gasteiger partial charge is 0.337 e. The molecule has 12 heteroatoms. The van der Waals surface area contributed by atoms with Gasteiger partial charge in [0.15, 0.2) is 0 Å². The molecule has 0 fully saturated rings. The topological polar surface area (TPSA) is 134 Å². The van der Waals surface area contributed by atoms with E-state index in [-0.39, 0.29) is 54.6 Å². The van der Waals surface area contributed by atoms with E-state index in [2.05, 4.69) is 29.4 Å². The number of methoxy groups -OCH3 is 1. The Morgan fingerprint density at radius 2 is 1.43 bits per heavy atom. The highest BCUT2D eigenvalue weighted by molar-refractivity contribution is 7.17. The highest BCUT2D eigenvalue weighted by Crippen LogP contribution is 2.39. The fraction of sp³-hybridized carbons (Fsp3) is 0.438. The lowest BCUT2D eigenvalue weighted by molar-refractivity contribution is -0.146. The van der Waals surface area contributed by atoms with Crippen LogP contribution in [0.25, 0.3) is 0 Å². The molecule has 5 rings (SSSR count). The summed E-state index contributed by atoms with van der Waals surface area (Å²) in [6.07, 6.45) is 6.30. The minimum absolute atomic E-state index is 0.0122. The molecule has 1 aliphatic rings. The molecule has 0 spiro atoms. The van der Waals surface area contributed by atoms with Gasteiger partial charge >= 0.3 is 11.9 Å². The van der Waals surface area contributed by atoms with Crippen molar-refractivity contribution >= 4 is 51.7 Å². The first kappa shape index (κ1) is 45.7. The zero-order valence-corrected chi connectivity index (χ0v) is 36.8. The number of hydrogen-bond donors (Lipinski definition) is 2. The summed E-state index contributed by atoms with van der Waals surface area (Å²) < 4.78 is 9.78. The third kappa shape index (κ3) is 12.8. The lowest BCUT2D eigenvalue weighted by Gasteiger charge is -2.30. The molecule has 1 aliphatic carbocycles. The van der Waals surface area contributed by atoms with Crippen LogP contribution < -0.4 is 10.6 Å². The summed E-state index contributed by atoms with van der Waals surface area (Å²) in [5.74, 6) is -1.26. The molecule has 1 heterocycles. The van der Waals surface area contributed by atoms with Crippen molar-refractivity contribution in [2.75, 3.05) is 37.4 Å². The molecule has 0 bridgehead atoms. The van der Waals surface area contributed by atoms with Crippen LogP contribution >= 0.6 is 11.3 Å². The number of hydrogen-bond acceptors (Lipinski definition) is 9. The molecular formula is C48H60N4O7S. The molecule has 2 N–H and O–H groups in total. The summed E-state index contributed by atoms with van der Waals surface area (Å²) in [6, 6.07) is 23.1. The number of rotatable bonds is 20. The van der Waals surface area contributed by atoms with Gasteiger partial charge in [-0.15, -0.1) is 11.3 Å². The van der Waals surface area contributed by atoms with Crippen LogP contribution in [0.5, 0.6) is 0 Å². The summed E-state index contributed by atoms with van der Waals surface area (Å²) in [5, 5.41) is 6.77. The first-order valence-corrected chi connectivity index (χ1v) is 22.0. The van der Waals surface area contributed by atoms with Crippen LogP contribution in [0.15, 0.2) is 72.8 Å². The summed E-state index contributed by atoms with van der Waals surface area (Å²) in [5.41, 5.74) is 6.51. The van der Waals surface area contributed by atoms with Crippen LogP contribution in [-0.4, -0.2) is 78.3 Å². The van der Waals surface area contributed by atoms with Gasteiger partial charge in [-0.3, -0.25) is 24.1 Å². The minimum Gasteiger partial charge on any atom is -0.466 e. The van der Waals surface area contributed by atoms with E-state index in [4.69, 9.17) is 9.47 Å². The second-order valence-electron chi connectivity index (χ2n) is 15.8. The molecular weight excluding hydrogens is 777 g/mol. The van der Waals surface area contributed by atoms with Gasteiger partial charge in [-0.1, -0.05) is 36.4 Å². The Bertz CT molecular complexity index is 2090. The highest BCUT2D eigenvalue weighted by Gasteiger charge is 2.27. The molecule has 0 saturated heterocycles. The molecule has 3 amide bonds. The molecule has 0 aliphatic heterocycles. The number of thiophene rings is 1. The quantitative estimate of drug-likeness (QED) is 0.0844. The SMILES string of the molecule is CCOC(=O)CCC(=O)N(CCCN(Cc1cccc(C(=O)Nc2sc3c(c2C(=O)Nc2ccc(CCc4ccc(C(=O)OC)cc4)cc2)CCCC3)c1)C(C)C)C(C)C. The number of benzene rings is 3. The molecule has 320 valence electrons. The Kier molecular flexibility index (Phi) is 17.0. The van der Waals surface area contributed by atoms with Crippen molar-refractivity contribution in [3.63, 3.8) is 0 Å². The normalized spacial score (nSPS) is 12.3. The maximum absolute atomic E-state index is 14.0. The highest BCUT2D eigenvalue weighted by atomic mass is 32.1. The number of esters is 2. The van der Waals surface area contributed by atoms with Crippen molar-refractivity contribution in [1.82, 2.24) is 9.80 Å². The molecule has 60 heavy (non-hydrogen) atoms. The molecule has 4 aromatic rings. The van der Waals surface area contributed by atoms with Gasteiger partial charge in [0.1, 0.15) is 5.00 Å². The number of anilines is 2. The van der Waals surface area contributed by atoms with Crippen LogP contribution in [0.4, 0.5) is 10.7 Å². The zero-order valence-electron chi connectivity index (χ0n) is 35.9. The van der Waals surface area contributed by atoms with Gasteiger partial charge in [0.05, 0.1) is 31.3 Å². The molecule has 1 aromatic heterocycles. The van der Waals surface area contributed by atoms with Gasteiger partial charge in [-0.25, -0.2) is 4.79 Å². The Hall–Kier alpha value is -5.33. The fourth-order valence-corrected chi connectivity index (χ4v) is 8.78. The van der Waals surface area contributed by atoms with Gasteiger partial charge in [0.2, 0.25) is 5.91 Å². The van der Waals surface area contributed by atoms with Crippen molar-refractivity contribution in [2.45, 2.75) is 111 Å². The molecule has 11 nitrogen and oxygen atoms in total. The van der Waals surface area contributed by atoms with E-state index in [0.717, 1.165) is 78.6 Å². The third-order valence-corrected chi connectivity index (χ3v) is 12.1. The monoisotopic (exact) mass is 836 g/mol. The number of nitrogens with zero attached hydrogens (tertiary/aromatic N) is 2. The van der Waals surface area contributed by atoms with Crippen molar-refractivity contribution in [3.8, 4) is 0 Å². The molecule has 0 saturated carbocycles. The van der Waals surface area contributed by atoms with Crippen molar-refractivity contribution in [1.29, 1.82) is 0 Å². The first-order chi connectivity index (χ1) is 28.9.